The van der Waals surface area contributed by atoms with Crippen molar-refractivity contribution in [2.24, 2.45) is 0 Å². The second-order valence-electron chi connectivity index (χ2n) is 6.47. The van der Waals surface area contributed by atoms with Crippen molar-refractivity contribution < 1.29 is 18.0 Å². The summed E-state index contributed by atoms with van der Waals surface area (Å²) in [5.74, 6) is 0.140. The number of fused-ring (bicyclic) bond motifs is 1. The Morgan fingerprint density at radius 3 is 2.60 bits per heavy atom. The summed E-state index contributed by atoms with van der Waals surface area (Å²) >= 11 is 0. The molecule has 0 bridgehead atoms. The summed E-state index contributed by atoms with van der Waals surface area (Å²) in [5.41, 5.74) is -0.742. The number of hydrogen-bond acceptors (Lipinski definition) is 4. The minimum absolute atomic E-state index is 0.268. The topological polar surface area (TPSA) is 86.9 Å². The van der Waals surface area contributed by atoms with Crippen molar-refractivity contribution in [2.75, 3.05) is 18.4 Å². The van der Waals surface area contributed by atoms with E-state index in [-0.39, 0.29) is 11.1 Å². The average Bonchev–Trinajstić information content (AvgIpc) is 2.73. The molecular formula is C21H19F3N4O2. The molecule has 0 fully saturated rings. The lowest BCUT2D eigenvalue weighted by Crippen LogP contribution is -2.24. The molecule has 0 radical (unpaired) electrons. The summed E-state index contributed by atoms with van der Waals surface area (Å²) in [6, 6.07) is 11.8. The zero-order valence-corrected chi connectivity index (χ0v) is 15.8. The molecule has 6 nitrogen and oxygen atoms in total. The summed E-state index contributed by atoms with van der Waals surface area (Å²) in [6.07, 6.45) is -1.32. The molecule has 0 aliphatic carbocycles. The number of halogens is 3. The van der Waals surface area contributed by atoms with Crippen molar-refractivity contribution in [1.29, 1.82) is 0 Å². The third-order valence-corrected chi connectivity index (χ3v) is 4.28. The molecule has 0 saturated heterocycles. The van der Waals surface area contributed by atoms with E-state index in [1.807, 2.05) is 6.07 Å². The first-order valence-corrected chi connectivity index (χ1v) is 9.19. The molecule has 0 spiro atoms. The van der Waals surface area contributed by atoms with Crippen molar-refractivity contribution in [3.05, 3.63) is 76.1 Å². The zero-order chi connectivity index (χ0) is 21.6. The van der Waals surface area contributed by atoms with Gasteiger partial charge in [0.1, 0.15) is 0 Å². The molecule has 0 saturated carbocycles. The molecule has 0 aliphatic rings. The number of nitrogens with one attached hydrogen (secondary N) is 3. The second-order valence-corrected chi connectivity index (χ2v) is 6.47. The highest BCUT2D eigenvalue weighted by molar-refractivity contribution is 5.92. The van der Waals surface area contributed by atoms with Gasteiger partial charge in [-0.1, -0.05) is 30.3 Å². The third-order valence-electron chi connectivity index (χ3n) is 4.28. The molecule has 3 N–H and O–H groups in total. The summed E-state index contributed by atoms with van der Waals surface area (Å²) in [5, 5.41) is 13.4. The van der Waals surface area contributed by atoms with E-state index in [1.54, 1.807) is 18.2 Å². The van der Waals surface area contributed by atoms with Gasteiger partial charge in [0.15, 0.2) is 5.82 Å². The van der Waals surface area contributed by atoms with Crippen LogP contribution in [0.1, 0.15) is 17.5 Å². The average molecular weight is 416 g/mol. The number of aromatic nitrogens is 2. The Kier molecular flexibility index (Phi) is 6.51. The standard InChI is InChI=1S/C21H19F3N4O2/c22-21(23,24)15-6-3-5-14(13-15)9-10-18(29)25-11-4-12-26-19-16-7-1-2-8-17(16)20(30)28-27-19/h1-3,5-10,13H,4,11-12H2,(H,25,29)(H,26,27)(H,28,30). The van der Waals surface area contributed by atoms with Crippen LogP contribution in [0.25, 0.3) is 16.8 Å². The van der Waals surface area contributed by atoms with Crippen LogP contribution in [0.5, 0.6) is 0 Å². The minimum Gasteiger partial charge on any atom is -0.368 e. The molecule has 1 amide bonds. The first kappa shape index (κ1) is 21.1. The summed E-state index contributed by atoms with van der Waals surface area (Å²) < 4.78 is 38.1. The Morgan fingerprint density at radius 1 is 1.07 bits per heavy atom. The lowest BCUT2D eigenvalue weighted by Gasteiger charge is -2.08. The van der Waals surface area contributed by atoms with Crippen LogP contribution in [-0.2, 0) is 11.0 Å². The SMILES string of the molecule is O=C(C=Cc1cccc(C(F)(F)F)c1)NCCCNc1n[nH]c(=O)c2ccccc12. The Labute approximate surface area is 169 Å². The quantitative estimate of drug-likeness (QED) is 0.406. The molecule has 3 rings (SSSR count). The van der Waals surface area contributed by atoms with E-state index in [0.29, 0.717) is 36.1 Å². The second kappa shape index (κ2) is 9.25. The predicted octanol–water partition coefficient (Wildman–Crippen LogP) is 3.57. The molecule has 9 heteroatoms. The summed E-state index contributed by atoms with van der Waals surface area (Å²) in [6.45, 7) is 0.862. The largest absolute Gasteiger partial charge is 0.416 e. The maximum absolute atomic E-state index is 12.7. The van der Waals surface area contributed by atoms with Crippen molar-refractivity contribution in [2.45, 2.75) is 12.6 Å². The number of alkyl halides is 3. The summed E-state index contributed by atoms with van der Waals surface area (Å²) in [4.78, 5) is 23.6. The number of aromatic amines is 1. The molecular weight excluding hydrogens is 397 g/mol. The van der Waals surface area contributed by atoms with E-state index in [9.17, 15) is 22.8 Å². The van der Waals surface area contributed by atoms with Gasteiger partial charge < -0.3 is 10.6 Å². The maximum atomic E-state index is 12.7. The first-order chi connectivity index (χ1) is 14.3. The van der Waals surface area contributed by atoms with E-state index < -0.39 is 17.6 Å². The lowest BCUT2D eigenvalue weighted by atomic mass is 10.1. The zero-order valence-electron chi connectivity index (χ0n) is 15.8. The lowest BCUT2D eigenvalue weighted by molar-refractivity contribution is -0.137. The van der Waals surface area contributed by atoms with Gasteiger partial charge in [-0.05, 0) is 36.3 Å². The van der Waals surface area contributed by atoms with Crippen LogP contribution < -0.4 is 16.2 Å². The number of hydrogen-bond donors (Lipinski definition) is 3. The van der Waals surface area contributed by atoms with Crippen LogP contribution in [-0.4, -0.2) is 29.2 Å². The van der Waals surface area contributed by atoms with E-state index in [1.165, 1.54) is 24.3 Å². The van der Waals surface area contributed by atoms with E-state index in [0.717, 1.165) is 12.1 Å². The van der Waals surface area contributed by atoms with Gasteiger partial charge in [0.2, 0.25) is 5.91 Å². The molecule has 0 unspecified atom stereocenters. The van der Waals surface area contributed by atoms with Crippen LogP contribution in [0.15, 0.2) is 59.4 Å². The van der Waals surface area contributed by atoms with Crippen molar-refractivity contribution in [3.63, 3.8) is 0 Å². The first-order valence-electron chi connectivity index (χ1n) is 9.19. The van der Waals surface area contributed by atoms with Crippen LogP contribution in [0.2, 0.25) is 0 Å². The fourth-order valence-electron chi connectivity index (χ4n) is 2.81. The van der Waals surface area contributed by atoms with Gasteiger partial charge in [0.05, 0.1) is 10.9 Å². The van der Waals surface area contributed by atoms with Crippen LogP contribution >= 0.6 is 0 Å². The maximum Gasteiger partial charge on any atom is 0.416 e. The van der Waals surface area contributed by atoms with Crippen molar-refractivity contribution >= 4 is 28.6 Å². The molecule has 0 aliphatic heterocycles. The molecule has 30 heavy (non-hydrogen) atoms. The number of benzene rings is 2. The number of H-pyrrole nitrogens is 1. The van der Waals surface area contributed by atoms with Gasteiger partial charge in [-0.3, -0.25) is 9.59 Å². The van der Waals surface area contributed by atoms with Crippen molar-refractivity contribution in [1.82, 2.24) is 15.5 Å². The predicted molar refractivity (Wildman–Crippen MR) is 109 cm³/mol. The third kappa shape index (κ3) is 5.47. The molecule has 156 valence electrons. The molecule has 1 heterocycles. The van der Waals surface area contributed by atoms with E-state index in [4.69, 9.17) is 0 Å². The number of carbonyl (C=O) groups is 1. The monoisotopic (exact) mass is 416 g/mol. The highest BCUT2D eigenvalue weighted by atomic mass is 19.4. The smallest absolute Gasteiger partial charge is 0.368 e. The van der Waals surface area contributed by atoms with Crippen LogP contribution in [0.4, 0.5) is 19.0 Å². The van der Waals surface area contributed by atoms with Crippen LogP contribution in [0.3, 0.4) is 0 Å². The minimum atomic E-state index is -4.43. The number of nitrogens with zero attached hydrogens (tertiary/aromatic N) is 1. The Bertz CT molecular complexity index is 1120. The Morgan fingerprint density at radius 2 is 1.83 bits per heavy atom. The van der Waals surface area contributed by atoms with Gasteiger partial charge in [-0.2, -0.15) is 18.3 Å². The summed E-state index contributed by atoms with van der Waals surface area (Å²) in [7, 11) is 0. The fourth-order valence-corrected chi connectivity index (χ4v) is 2.81. The molecule has 3 aromatic rings. The fraction of sp³-hybridized carbons (Fsp3) is 0.190. The van der Waals surface area contributed by atoms with Gasteiger partial charge in [-0.15, -0.1) is 0 Å². The molecule has 2 aromatic carbocycles. The van der Waals surface area contributed by atoms with Gasteiger partial charge >= 0.3 is 6.18 Å². The number of carbonyl (C=O) groups excluding carboxylic acids is 1. The molecule has 0 atom stereocenters. The number of anilines is 1. The highest BCUT2D eigenvalue weighted by Gasteiger charge is 2.30. The van der Waals surface area contributed by atoms with Crippen molar-refractivity contribution in [3.8, 4) is 0 Å². The Hall–Kier alpha value is -3.62. The normalized spacial score (nSPS) is 11.7. The van der Waals surface area contributed by atoms with E-state index in [2.05, 4.69) is 20.8 Å². The molecule has 1 aromatic heterocycles. The van der Waals surface area contributed by atoms with Gasteiger partial charge in [0.25, 0.3) is 5.56 Å². The van der Waals surface area contributed by atoms with E-state index >= 15 is 0 Å². The number of amides is 1. The number of rotatable bonds is 7. The van der Waals surface area contributed by atoms with Gasteiger partial charge in [-0.25, -0.2) is 5.10 Å². The Balaban J connectivity index is 1.46. The van der Waals surface area contributed by atoms with Crippen LogP contribution in [0, 0.1) is 0 Å². The highest BCUT2D eigenvalue weighted by Crippen LogP contribution is 2.29. The van der Waals surface area contributed by atoms with Gasteiger partial charge in [0, 0.05) is 24.6 Å².